The molecule has 2 unspecified atom stereocenters. The van der Waals surface area contributed by atoms with Gasteiger partial charge in [-0.25, -0.2) is 0 Å². The zero-order valence-electron chi connectivity index (χ0n) is 9.69. The van der Waals surface area contributed by atoms with E-state index in [0.717, 1.165) is 45.4 Å². The Morgan fingerprint density at radius 1 is 1.38 bits per heavy atom. The minimum Gasteiger partial charge on any atom is -0.368 e. The molecule has 90 valence electrons. The van der Waals surface area contributed by atoms with Gasteiger partial charge < -0.3 is 11.1 Å². The molecule has 0 aromatic rings. The molecule has 1 saturated heterocycles. The van der Waals surface area contributed by atoms with Crippen molar-refractivity contribution < 1.29 is 4.79 Å². The van der Waals surface area contributed by atoms with Crippen LogP contribution in [0.5, 0.6) is 0 Å². The average Bonchev–Trinajstić information content (AvgIpc) is 2.31. The number of hydrogen-bond acceptors (Lipinski definition) is 3. The first kappa shape index (κ1) is 11.6. The molecule has 1 amide bonds. The molecule has 2 atom stereocenters. The van der Waals surface area contributed by atoms with E-state index in [9.17, 15) is 4.79 Å². The van der Waals surface area contributed by atoms with Crippen LogP contribution in [0.15, 0.2) is 12.2 Å². The first-order valence-electron chi connectivity index (χ1n) is 6.18. The molecule has 1 fully saturated rings. The van der Waals surface area contributed by atoms with Crippen molar-refractivity contribution in [2.45, 2.75) is 25.3 Å². The van der Waals surface area contributed by atoms with Crippen LogP contribution in [-0.4, -0.2) is 43.0 Å². The Balaban J connectivity index is 2.03. The number of amides is 1. The second-order valence-electron chi connectivity index (χ2n) is 4.68. The summed E-state index contributed by atoms with van der Waals surface area (Å²) in [6.45, 7) is 3.81. The highest BCUT2D eigenvalue weighted by molar-refractivity contribution is 5.80. The van der Waals surface area contributed by atoms with E-state index in [0.29, 0.717) is 5.92 Å². The Bertz CT molecular complexity index is 271. The number of nitrogens with two attached hydrogens (primary N) is 1. The molecule has 0 radical (unpaired) electrons. The Morgan fingerprint density at radius 2 is 2.12 bits per heavy atom. The zero-order valence-corrected chi connectivity index (χ0v) is 9.69. The quantitative estimate of drug-likeness (QED) is 0.667. The molecule has 0 aromatic heterocycles. The molecule has 0 bridgehead atoms. The highest BCUT2D eigenvalue weighted by Crippen LogP contribution is 2.25. The lowest BCUT2D eigenvalue weighted by molar-refractivity contribution is -0.125. The van der Waals surface area contributed by atoms with E-state index in [1.54, 1.807) is 0 Å². The molecule has 3 N–H and O–H groups in total. The van der Waals surface area contributed by atoms with Gasteiger partial charge in [-0.2, -0.15) is 0 Å². The summed E-state index contributed by atoms with van der Waals surface area (Å²) in [5, 5.41) is 3.30. The highest BCUT2D eigenvalue weighted by Gasteiger charge is 2.32. The number of carbonyl (C=O) groups excluding carboxylic acids is 1. The van der Waals surface area contributed by atoms with Crippen LogP contribution < -0.4 is 11.1 Å². The molecule has 1 aliphatic carbocycles. The number of carbonyl (C=O) groups is 1. The maximum atomic E-state index is 11.6. The van der Waals surface area contributed by atoms with E-state index >= 15 is 0 Å². The Kier molecular flexibility index (Phi) is 3.96. The van der Waals surface area contributed by atoms with Gasteiger partial charge in [0.2, 0.25) is 5.91 Å². The van der Waals surface area contributed by atoms with Gasteiger partial charge in [-0.05, 0) is 25.2 Å². The third-order valence-corrected chi connectivity index (χ3v) is 3.59. The molecule has 2 rings (SSSR count). The molecule has 1 heterocycles. The summed E-state index contributed by atoms with van der Waals surface area (Å²) in [7, 11) is 0. The second kappa shape index (κ2) is 5.46. The summed E-state index contributed by atoms with van der Waals surface area (Å²) in [6.07, 6.45) is 7.56. The molecule has 1 aliphatic heterocycles. The molecule has 2 aliphatic rings. The van der Waals surface area contributed by atoms with E-state index < -0.39 is 0 Å². The fourth-order valence-corrected chi connectivity index (χ4v) is 2.77. The van der Waals surface area contributed by atoms with Gasteiger partial charge in [0, 0.05) is 26.2 Å². The number of piperazine rings is 1. The summed E-state index contributed by atoms with van der Waals surface area (Å²) in [4.78, 5) is 13.9. The molecule has 4 nitrogen and oxygen atoms in total. The van der Waals surface area contributed by atoms with Gasteiger partial charge in [-0.15, -0.1) is 0 Å². The number of allylic oxidation sites excluding steroid dienone is 2. The lowest BCUT2D eigenvalue weighted by Gasteiger charge is -2.38. The normalized spacial score (nSPS) is 28.9. The van der Waals surface area contributed by atoms with Crippen molar-refractivity contribution in [2.24, 2.45) is 11.7 Å². The summed E-state index contributed by atoms with van der Waals surface area (Å²) in [5.41, 5.74) is 5.57. The van der Waals surface area contributed by atoms with Gasteiger partial charge in [0.15, 0.2) is 0 Å². The maximum absolute atomic E-state index is 11.6. The van der Waals surface area contributed by atoms with Crippen LogP contribution in [-0.2, 0) is 4.79 Å². The topological polar surface area (TPSA) is 58.4 Å². The third kappa shape index (κ3) is 2.62. The fourth-order valence-electron chi connectivity index (χ4n) is 2.77. The predicted molar refractivity (Wildman–Crippen MR) is 63.9 cm³/mol. The van der Waals surface area contributed by atoms with Gasteiger partial charge in [0.25, 0.3) is 0 Å². The number of nitrogens with zero attached hydrogens (tertiary/aromatic N) is 1. The van der Waals surface area contributed by atoms with E-state index in [4.69, 9.17) is 5.73 Å². The van der Waals surface area contributed by atoms with Crippen molar-refractivity contribution in [3.05, 3.63) is 12.2 Å². The lowest BCUT2D eigenvalue weighted by Crippen LogP contribution is -2.55. The largest absolute Gasteiger partial charge is 0.368 e. The molecule has 4 heteroatoms. The van der Waals surface area contributed by atoms with Gasteiger partial charge in [0.05, 0.1) is 6.04 Å². The smallest absolute Gasteiger partial charge is 0.235 e. The van der Waals surface area contributed by atoms with Crippen LogP contribution >= 0.6 is 0 Å². The van der Waals surface area contributed by atoms with Crippen LogP contribution in [0.2, 0.25) is 0 Å². The summed E-state index contributed by atoms with van der Waals surface area (Å²) < 4.78 is 0. The zero-order chi connectivity index (χ0) is 11.4. The Labute approximate surface area is 96.9 Å². The van der Waals surface area contributed by atoms with Crippen molar-refractivity contribution >= 4 is 5.91 Å². The molecule has 0 spiro atoms. The van der Waals surface area contributed by atoms with Crippen molar-refractivity contribution in [3.8, 4) is 0 Å². The first-order chi connectivity index (χ1) is 7.79. The van der Waals surface area contributed by atoms with Crippen LogP contribution in [0.4, 0.5) is 0 Å². The minimum atomic E-state index is -0.151. The summed E-state index contributed by atoms with van der Waals surface area (Å²) >= 11 is 0. The maximum Gasteiger partial charge on any atom is 0.235 e. The van der Waals surface area contributed by atoms with Crippen molar-refractivity contribution in [1.29, 1.82) is 0 Å². The van der Waals surface area contributed by atoms with Gasteiger partial charge in [-0.1, -0.05) is 12.2 Å². The van der Waals surface area contributed by atoms with E-state index in [1.165, 1.54) is 0 Å². The van der Waals surface area contributed by atoms with Gasteiger partial charge >= 0.3 is 0 Å². The molecular weight excluding hydrogens is 202 g/mol. The predicted octanol–water partition coefficient (Wildman–Crippen LogP) is 0.102. The van der Waals surface area contributed by atoms with Crippen molar-refractivity contribution in [1.82, 2.24) is 10.2 Å². The SMILES string of the molecule is NC(=O)C(C1CC=CCC1)N1CCNCC1. The number of hydrogen-bond donors (Lipinski definition) is 2. The van der Waals surface area contributed by atoms with Crippen molar-refractivity contribution in [2.75, 3.05) is 26.2 Å². The van der Waals surface area contributed by atoms with Crippen molar-refractivity contribution in [3.63, 3.8) is 0 Å². The average molecular weight is 223 g/mol. The van der Waals surface area contributed by atoms with Crippen LogP contribution in [0.25, 0.3) is 0 Å². The summed E-state index contributed by atoms with van der Waals surface area (Å²) in [5.74, 6) is 0.266. The third-order valence-electron chi connectivity index (χ3n) is 3.59. The Hall–Kier alpha value is -0.870. The number of primary amides is 1. The van der Waals surface area contributed by atoms with Crippen LogP contribution in [0.1, 0.15) is 19.3 Å². The minimum absolute atomic E-state index is 0.0629. The molecule has 0 saturated carbocycles. The van der Waals surface area contributed by atoms with E-state index in [-0.39, 0.29) is 11.9 Å². The summed E-state index contributed by atoms with van der Waals surface area (Å²) in [6, 6.07) is -0.0629. The standard InChI is InChI=1S/C12H21N3O/c13-12(16)11(10-4-2-1-3-5-10)15-8-6-14-7-9-15/h1-2,10-11,14H,3-9H2,(H2,13,16). The lowest BCUT2D eigenvalue weighted by atomic mass is 9.86. The van der Waals surface area contributed by atoms with E-state index in [1.807, 2.05) is 0 Å². The van der Waals surface area contributed by atoms with Gasteiger partial charge in [-0.3, -0.25) is 9.69 Å². The van der Waals surface area contributed by atoms with Crippen LogP contribution in [0, 0.1) is 5.92 Å². The molecule has 16 heavy (non-hydrogen) atoms. The molecule has 0 aromatic carbocycles. The number of nitrogens with one attached hydrogen (secondary N) is 1. The monoisotopic (exact) mass is 223 g/mol. The Morgan fingerprint density at radius 3 is 2.69 bits per heavy atom. The van der Waals surface area contributed by atoms with Gasteiger partial charge in [0.1, 0.15) is 0 Å². The fraction of sp³-hybridized carbons (Fsp3) is 0.750. The molecular formula is C12H21N3O. The van der Waals surface area contributed by atoms with E-state index in [2.05, 4.69) is 22.4 Å². The first-order valence-corrected chi connectivity index (χ1v) is 6.18. The highest BCUT2D eigenvalue weighted by atomic mass is 16.1. The number of rotatable bonds is 3. The second-order valence-corrected chi connectivity index (χ2v) is 4.68. The van der Waals surface area contributed by atoms with Crippen LogP contribution in [0.3, 0.4) is 0 Å².